The highest BCUT2D eigenvalue weighted by atomic mass is 16.5. The van der Waals surface area contributed by atoms with Gasteiger partial charge in [0.1, 0.15) is 11.9 Å². The molecule has 1 aromatic rings. The van der Waals surface area contributed by atoms with Crippen molar-refractivity contribution in [2.24, 2.45) is 0 Å². The van der Waals surface area contributed by atoms with Gasteiger partial charge in [-0.15, -0.1) is 0 Å². The van der Waals surface area contributed by atoms with E-state index in [1.807, 2.05) is 51.1 Å². The first-order valence-electron chi connectivity index (χ1n) is 8.18. The topological polar surface area (TPSA) is 41.9 Å². The van der Waals surface area contributed by atoms with Gasteiger partial charge in [-0.25, -0.2) is 0 Å². The van der Waals surface area contributed by atoms with E-state index >= 15 is 0 Å². The largest absolute Gasteiger partial charge is 0.490 e. The van der Waals surface area contributed by atoms with Gasteiger partial charge < -0.3 is 19.5 Å². The standard InChI is InChI=1S/C18H29NO3/c1-18(2,3)21-14-15(20)13-19-11-9-17(10-12-19)22-16-7-5-4-6-8-16/h4-8,15,17,20H,9-14H2,1-3H3. The Balaban J connectivity index is 1.66. The molecule has 124 valence electrons. The average molecular weight is 307 g/mol. The van der Waals surface area contributed by atoms with Gasteiger partial charge in [-0.2, -0.15) is 0 Å². The summed E-state index contributed by atoms with van der Waals surface area (Å²) in [4.78, 5) is 2.29. The zero-order valence-corrected chi connectivity index (χ0v) is 14.0. The van der Waals surface area contributed by atoms with Crippen molar-refractivity contribution in [3.05, 3.63) is 30.3 Å². The van der Waals surface area contributed by atoms with Crippen molar-refractivity contribution >= 4 is 0 Å². The van der Waals surface area contributed by atoms with Gasteiger partial charge in [0, 0.05) is 19.6 Å². The Morgan fingerprint density at radius 2 is 1.82 bits per heavy atom. The summed E-state index contributed by atoms with van der Waals surface area (Å²) in [5, 5.41) is 10.1. The first-order chi connectivity index (χ1) is 10.4. The quantitative estimate of drug-likeness (QED) is 0.877. The summed E-state index contributed by atoms with van der Waals surface area (Å²) >= 11 is 0. The number of para-hydroxylation sites is 1. The van der Waals surface area contributed by atoms with Crippen LogP contribution in [0.15, 0.2) is 30.3 Å². The van der Waals surface area contributed by atoms with Crippen LogP contribution in [0, 0.1) is 0 Å². The molecule has 4 heteroatoms. The van der Waals surface area contributed by atoms with E-state index in [0.717, 1.165) is 31.7 Å². The van der Waals surface area contributed by atoms with E-state index in [4.69, 9.17) is 9.47 Å². The minimum atomic E-state index is -0.425. The number of aliphatic hydroxyl groups is 1. The zero-order chi connectivity index (χ0) is 16.0. The molecular formula is C18H29NO3. The van der Waals surface area contributed by atoms with Crippen molar-refractivity contribution in [3.63, 3.8) is 0 Å². The van der Waals surface area contributed by atoms with Crippen LogP contribution in [-0.4, -0.2) is 54.1 Å². The number of piperidine rings is 1. The fourth-order valence-electron chi connectivity index (χ4n) is 2.60. The lowest BCUT2D eigenvalue weighted by Crippen LogP contribution is -2.43. The Morgan fingerprint density at radius 3 is 2.41 bits per heavy atom. The second-order valence-corrected chi connectivity index (χ2v) is 7.01. The van der Waals surface area contributed by atoms with Crippen LogP contribution >= 0.6 is 0 Å². The maximum absolute atomic E-state index is 10.1. The minimum absolute atomic E-state index is 0.197. The van der Waals surface area contributed by atoms with Crippen molar-refractivity contribution in [3.8, 4) is 5.75 Å². The first-order valence-corrected chi connectivity index (χ1v) is 8.18. The Hall–Kier alpha value is -1.10. The number of aliphatic hydroxyl groups excluding tert-OH is 1. The van der Waals surface area contributed by atoms with Crippen molar-refractivity contribution in [2.45, 2.75) is 51.4 Å². The molecule has 2 rings (SSSR count). The van der Waals surface area contributed by atoms with Gasteiger partial charge in [0.25, 0.3) is 0 Å². The van der Waals surface area contributed by atoms with Gasteiger partial charge >= 0.3 is 0 Å². The number of β-amino-alcohol motifs (C(OH)–C–C–N with tert-alkyl or cyclic N) is 1. The lowest BCUT2D eigenvalue weighted by Gasteiger charge is -2.33. The summed E-state index contributed by atoms with van der Waals surface area (Å²) in [5.74, 6) is 0.944. The van der Waals surface area contributed by atoms with E-state index in [0.29, 0.717) is 13.2 Å². The Kier molecular flexibility index (Phi) is 6.24. The molecule has 1 atom stereocenters. The fourth-order valence-corrected chi connectivity index (χ4v) is 2.60. The molecule has 0 radical (unpaired) electrons. The predicted octanol–water partition coefficient (Wildman–Crippen LogP) is 2.71. The molecule has 0 spiro atoms. The van der Waals surface area contributed by atoms with E-state index in [1.54, 1.807) is 0 Å². The summed E-state index contributed by atoms with van der Waals surface area (Å²) in [6.07, 6.45) is 1.86. The predicted molar refractivity (Wildman–Crippen MR) is 88.2 cm³/mol. The van der Waals surface area contributed by atoms with E-state index in [2.05, 4.69) is 4.90 Å². The smallest absolute Gasteiger partial charge is 0.119 e. The van der Waals surface area contributed by atoms with E-state index in [-0.39, 0.29) is 11.7 Å². The summed E-state index contributed by atoms with van der Waals surface area (Å²) in [5.41, 5.74) is -0.197. The second-order valence-electron chi connectivity index (χ2n) is 7.01. The molecular weight excluding hydrogens is 278 g/mol. The van der Waals surface area contributed by atoms with Crippen LogP contribution in [-0.2, 0) is 4.74 Å². The van der Waals surface area contributed by atoms with Crippen molar-refractivity contribution in [1.82, 2.24) is 4.90 Å². The molecule has 0 saturated carbocycles. The molecule has 0 amide bonds. The van der Waals surface area contributed by atoms with Gasteiger partial charge in [-0.1, -0.05) is 18.2 Å². The highest BCUT2D eigenvalue weighted by molar-refractivity contribution is 5.21. The molecule has 1 saturated heterocycles. The molecule has 0 aliphatic carbocycles. The second kappa shape index (κ2) is 7.95. The minimum Gasteiger partial charge on any atom is -0.490 e. The van der Waals surface area contributed by atoms with Crippen LogP contribution in [0.1, 0.15) is 33.6 Å². The van der Waals surface area contributed by atoms with E-state index < -0.39 is 6.10 Å². The maximum atomic E-state index is 10.1. The van der Waals surface area contributed by atoms with Crippen molar-refractivity contribution in [2.75, 3.05) is 26.2 Å². The Bertz CT molecular complexity index is 422. The third-order valence-corrected chi connectivity index (χ3v) is 3.76. The zero-order valence-electron chi connectivity index (χ0n) is 14.0. The Labute approximate surface area is 134 Å². The van der Waals surface area contributed by atoms with E-state index in [9.17, 15) is 5.11 Å². The van der Waals surface area contributed by atoms with Gasteiger partial charge in [-0.05, 0) is 45.7 Å². The molecule has 0 bridgehead atoms. The summed E-state index contributed by atoms with van der Waals surface area (Å²) < 4.78 is 11.6. The van der Waals surface area contributed by atoms with Crippen molar-refractivity contribution in [1.29, 1.82) is 0 Å². The Morgan fingerprint density at radius 1 is 1.18 bits per heavy atom. The van der Waals surface area contributed by atoms with Crippen LogP contribution in [0.2, 0.25) is 0 Å². The van der Waals surface area contributed by atoms with E-state index in [1.165, 1.54) is 0 Å². The number of nitrogens with zero attached hydrogens (tertiary/aromatic N) is 1. The molecule has 1 aromatic carbocycles. The molecule has 1 unspecified atom stereocenters. The highest BCUT2D eigenvalue weighted by Crippen LogP contribution is 2.19. The average Bonchev–Trinajstić information content (AvgIpc) is 2.48. The van der Waals surface area contributed by atoms with Gasteiger partial charge in [0.05, 0.1) is 18.3 Å². The van der Waals surface area contributed by atoms with Crippen LogP contribution in [0.4, 0.5) is 0 Å². The number of ether oxygens (including phenoxy) is 2. The summed E-state index contributed by atoms with van der Waals surface area (Å²) in [7, 11) is 0. The van der Waals surface area contributed by atoms with Crippen molar-refractivity contribution < 1.29 is 14.6 Å². The summed E-state index contributed by atoms with van der Waals surface area (Å²) in [6.45, 7) is 9.01. The van der Waals surface area contributed by atoms with Crippen LogP contribution in [0.25, 0.3) is 0 Å². The molecule has 1 fully saturated rings. The fraction of sp³-hybridized carbons (Fsp3) is 0.667. The van der Waals surface area contributed by atoms with Gasteiger partial charge in [0.15, 0.2) is 0 Å². The third kappa shape index (κ3) is 6.34. The SMILES string of the molecule is CC(C)(C)OCC(O)CN1CCC(Oc2ccccc2)CC1. The van der Waals surface area contributed by atoms with Crippen LogP contribution in [0.3, 0.4) is 0 Å². The monoisotopic (exact) mass is 307 g/mol. The first kappa shape index (κ1) is 17.3. The molecule has 1 N–H and O–H groups in total. The lowest BCUT2D eigenvalue weighted by atomic mass is 10.1. The molecule has 22 heavy (non-hydrogen) atoms. The van der Waals surface area contributed by atoms with Crippen LogP contribution < -0.4 is 4.74 Å². The third-order valence-electron chi connectivity index (χ3n) is 3.76. The number of rotatable bonds is 6. The van der Waals surface area contributed by atoms with Gasteiger partial charge in [0.2, 0.25) is 0 Å². The normalized spacial score (nSPS) is 19.1. The summed E-state index contributed by atoms with van der Waals surface area (Å²) in [6, 6.07) is 9.99. The number of hydrogen-bond donors (Lipinski definition) is 1. The number of likely N-dealkylation sites (tertiary alicyclic amines) is 1. The highest BCUT2D eigenvalue weighted by Gasteiger charge is 2.23. The number of benzene rings is 1. The molecule has 1 aliphatic heterocycles. The molecule has 1 heterocycles. The maximum Gasteiger partial charge on any atom is 0.119 e. The van der Waals surface area contributed by atoms with Crippen LogP contribution in [0.5, 0.6) is 5.75 Å². The molecule has 4 nitrogen and oxygen atoms in total. The number of hydrogen-bond acceptors (Lipinski definition) is 4. The van der Waals surface area contributed by atoms with Gasteiger partial charge in [-0.3, -0.25) is 0 Å². The molecule has 1 aliphatic rings. The molecule has 0 aromatic heterocycles. The lowest BCUT2D eigenvalue weighted by molar-refractivity contribution is -0.0588.